The molecule has 9 heteroatoms. The number of likely N-dealkylation sites (N-methyl/N-ethyl adjacent to an activating group) is 1. The van der Waals surface area contributed by atoms with E-state index in [0.717, 1.165) is 17.7 Å². The molecule has 2 aliphatic heterocycles. The van der Waals surface area contributed by atoms with Crippen molar-refractivity contribution < 1.29 is 23.9 Å². The third kappa shape index (κ3) is 3.20. The Morgan fingerprint density at radius 1 is 1.24 bits per heavy atom. The minimum atomic E-state index is -0.941. The topological polar surface area (TPSA) is 99.3 Å². The lowest BCUT2D eigenvalue weighted by molar-refractivity contribution is -0.137. The zero-order valence-corrected chi connectivity index (χ0v) is 16.7. The molecule has 3 aliphatic rings. The van der Waals surface area contributed by atoms with Crippen LogP contribution in [0.5, 0.6) is 5.75 Å². The molecule has 0 aromatic heterocycles. The number of urea groups is 1. The van der Waals surface area contributed by atoms with Crippen molar-refractivity contribution in [2.24, 2.45) is 5.92 Å². The van der Waals surface area contributed by atoms with Crippen LogP contribution in [0, 0.1) is 5.92 Å². The molecule has 0 radical (unpaired) electrons. The summed E-state index contributed by atoms with van der Waals surface area (Å²) in [5.41, 5.74) is -0.429. The van der Waals surface area contributed by atoms with Crippen LogP contribution in [-0.2, 0) is 14.4 Å². The summed E-state index contributed by atoms with van der Waals surface area (Å²) in [4.78, 5) is 54.6. The lowest BCUT2D eigenvalue weighted by Gasteiger charge is -2.35. The lowest BCUT2D eigenvalue weighted by atomic mass is 9.96. The first-order valence-electron chi connectivity index (χ1n) is 9.63. The first-order chi connectivity index (χ1) is 13.7. The fourth-order valence-electron chi connectivity index (χ4n) is 3.90. The molecule has 2 atom stereocenters. The van der Waals surface area contributed by atoms with Crippen molar-refractivity contribution in [2.45, 2.75) is 31.4 Å². The zero-order valence-electron chi connectivity index (χ0n) is 16.7. The average molecular weight is 400 g/mol. The Morgan fingerprint density at radius 3 is 2.59 bits per heavy atom. The van der Waals surface area contributed by atoms with Crippen molar-refractivity contribution in [1.82, 2.24) is 15.1 Å². The number of benzene rings is 1. The van der Waals surface area contributed by atoms with E-state index in [1.54, 1.807) is 45.3 Å². The predicted molar refractivity (Wildman–Crippen MR) is 103 cm³/mol. The van der Waals surface area contributed by atoms with Crippen molar-refractivity contribution in [3.8, 4) is 5.75 Å². The Bertz CT molecular complexity index is 897. The summed E-state index contributed by atoms with van der Waals surface area (Å²) in [6.45, 7) is 1.34. The predicted octanol–water partition coefficient (Wildman–Crippen LogP) is 0.589. The van der Waals surface area contributed by atoms with Crippen LogP contribution in [0.2, 0.25) is 0 Å². The van der Waals surface area contributed by atoms with Gasteiger partial charge >= 0.3 is 6.03 Å². The first kappa shape index (κ1) is 19.2. The van der Waals surface area contributed by atoms with Crippen LogP contribution >= 0.6 is 0 Å². The molecule has 1 aromatic rings. The second-order valence-corrected chi connectivity index (χ2v) is 8.11. The van der Waals surface area contributed by atoms with Crippen molar-refractivity contribution in [3.05, 3.63) is 24.3 Å². The number of hydrogen-bond donors (Lipinski definition) is 1. The average Bonchev–Trinajstić information content (AvgIpc) is 3.52. The van der Waals surface area contributed by atoms with Crippen LogP contribution in [0.25, 0.3) is 0 Å². The Morgan fingerprint density at radius 2 is 1.93 bits per heavy atom. The normalized spacial score (nSPS) is 26.0. The number of para-hydroxylation sites is 2. The van der Waals surface area contributed by atoms with Gasteiger partial charge in [-0.25, -0.2) is 4.79 Å². The molecule has 0 unspecified atom stereocenters. The van der Waals surface area contributed by atoms with Gasteiger partial charge in [-0.3, -0.25) is 19.3 Å². The summed E-state index contributed by atoms with van der Waals surface area (Å²) in [5, 5.41) is 2.74. The number of rotatable bonds is 4. The van der Waals surface area contributed by atoms with Gasteiger partial charge in [-0.15, -0.1) is 0 Å². The number of fused-ring (bicyclic) bond motifs is 1. The molecule has 0 bridgehead atoms. The fourth-order valence-corrected chi connectivity index (χ4v) is 3.90. The van der Waals surface area contributed by atoms with E-state index >= 15 is 0 Å². The summed E-state index contributed by atoms with van der Waals surface area (Å²) in [7, 11) is 3.23. The highest BCUT2D eigenvalue weighted by Gasteiger charge is 2.56. The Balaban J connectivity index is 1.56. The van der Waals surface area contributed by atoms with E-state index in [1.807, 2.05) is 0 Å². The van der Waals surface area contributed by atoms with Crippen molar-refractivity contribution >= 4 is 29.4 Å². The second-order valence-electron chi connectivity index (χ2n) is 8.11. The fraction of sp³-hybridized carbons (Fsp3) is 0.500. The molecule has 1 aromatic carbocycles. The monoisotopic (exact) mass is 400 g/mol. The number of imide groups is 1. The molecule has 1 saturated heterocycles. The summed E-state index contributed by atoms with van der Waals surface area (Å²) >= 11 is 0. The molecule has 5 amide bonds. The third-order valence-electron chi connectivity index (χ3n) is 5.78. The standard InChI is InChI=1S/C20H24N4O5/c1-20(12-8-9-12)18(27)24(19(28)21-20)11-16(25)23-10-15(17(26)22(2)3)29-14-7-5-4-6-13(14)23/h4-7,12,15H,8-11H2,1-3H3,(H,21,28)/t15-,20+/m0/s1. The van der Waals surface area contributed by atoms with Gasteiger partial charge < -0.3 is 19.9 Å². The van der Waals surface area contributed by atoms with Gasteiger partial charge in [0.15, 0.2) is 6.10 Å². The van der Waals surface area contributed by atoms with Gasteiger partial charge in [-0.1, -0.05) is 12.1 Å². The molecule has 4 rings (SSSR count). The Kier molecular flexibility index (Phi) is 4.48. The highest BCUT2D eigenvalue weighted by atomic mass is 16.5. The van der Waals surface area contributed by atoms with E-state index in [2.05, 4.69) is 5.32 Å². The molecule has 2 fully saturated rings. The van der Waals surface area contributed by atoms with Gasteiger partial charge in [0.2, 0.25) is 5.91 Å². The third-order valence-corrected chi connectivity index (χ3v) is 5.78. The number of nitrogens with zero attached hydrogens (tertiary/aromatic N) is 3. The van der Waals surface area contributed by atoms with Gasteiger partial charge in [0.1, 0.15) is 17.8 Å². The van der Waals surface area contributed by atoms with Crippen LogP contribution in [0.3, 0.4) is 0 Å². The van der Waals surface area contributed by atoms with Crippen LogP contribution in [0.4, 0.5) is 10.5 Å². The van der Waals surface area contributed by atoms with Gasteiger partial charge in [0.25, 0.3) is 11.8 Å². The molecule has 154 valence electrons. The van der Waals surface area contributed by atoms with E-state index in [4.69, 9.17) is 4.74 Å². The highest BCUT2D eigenvalue weighted by Crippen LogP contribution is 2.42. The van der Waals surface area contributed by atoms with Gasteiger partial charge in [-0.05, 0) is 37.8 Å². The molecule has 1 aliphatic carbocycles. The molecular formula is C20H24N4O5. The number of hydrogen-bond acceptors (Lipinski definition) is 5. The number of carbonyl (C=O) groups excluding carboxylic acids is 4. The van der Waals surface area contributed by atoms with Gasteiger partial charge in [-0.2, -0.15) is 0 Å². The molecular weight excluding hydrogens is 376 g/mol. The minimum Gasteiger partial charge on any atom is -0.476 e. The van der Waals surface area contributed by atoms with E-state index in [-0.39, 0.29) is 30.8 Å². The molecule has 9 nitrogen and oxygen atoms in total. The zero-order chi connectivity index (χ0) is 20.9. The molecule has 2 heterocycles. The van der Waals surface area contributed by atoms with Crippen LogP contribution in [-0.4, -0.2) is 72.4 Å². The molecule has 1 N–H and O–H groups in total. The van der Waals surface area contributed by atoms with Crippen molar-refractivity contribution in [3.63, 3.8) is 0 Å². The first-order valence-corrected chi connectivity index (χ1v) is 9.63. The van der Waals surface area contributed by atoms with E-state index in [1.165, 1.54) is 9.80 Å². The molecule has 1 saturated carbocycles. The second kappa shape index (κ2) is 6.75. The van der Waals surface area contributed by atoms with Gasteiger partial charge in [0.05, 0.1) is 12.2 Å². The summed E-state index contributed by atoms with van der Waals surface area (Å²) in [6, 6.07) is 6.35. The largest absolute Gasteiger partial charge is 0.476 e. The number of anilines is 1. The van der Waals surface area contributed by atoms with Crippen LogP contribution in [0.1, 0.15) is 19.8 Å². The summed E-state index contributed by atoms with van der Waals surface area (Å²) in [5.74, 6) is -0.562. The van der Waals surface area contributed by atoms with Crippen LogP contribution < -0.4 is 15.0 Å². The van der Waals surface area contributed by atoms with E-state index in [9.17, 15) is 19.2 Å². The minimum absolute atomic E-state index is 0.0103. The molecule has 29 heavy (non-hydrogen) atoms. The number of amides is 5. The number of ether oxygens (including phenoxy) is 1. The Labute approximate surface area is 168 Å². The highest BCUT2D eigenvalue weighted by molar-refractivity contribution is 6.11. The quantitative estimate of drug-likeness (QED) is 0.746. The maximum absolute atomic E-state index is 13.1. The summed E-state index contributed by atoms with van der Waals surface area (Å²) in [6.07, 6.45) is 0.911. The maximum atomic E-state index is 13.1. The van der Waals surface area contributed by atoms with Crippen molar-refractivity contribution in [2.75, 3.05) is 32.1 Å². The Hall–Kier alpha value is -3.10. The smallest absolute Gasteiger partial charge is 0.325 e. The lowest BCUT2D eigenvalue weighted by Crippen LogP contribution is -2.53. The summed E-state index contributed by atoms with van der Waals surface area (Å²) < 4.78 is 5.78. The molecule has 0 spiro atoms. The number of carbonyl (C=O) groups is 4. The van der Waals surface area contributed by atoms with Gasteiger partial charge in [0, 0.05) is 14.1 Å². The van der Waals surface area contributed by atoms with Crippen LogP contribution in [0.15, 0.2) is 24.3 Å². The van der Waals surface area contributed by atoms with E-state index < -0.39 is 23.6 Å². The van der Waals surface area contributed by atoms with E-state index in [0.29, 0.717) is 11.4 Å². The SMILES string of the molecule is CN(C)C(=O)[C@@H]1CN(C(=O)CN2C(=O)N[C@](C)(C3CC3)C2=O)c2ccccc2O1. The maximum Gasteiger partial charge on any atom is 0.325 e. The number of nitrogens with one attached hydrogen (secondary N) is 1. The van der Waals surface area contributed by atoms with Crippen molar-refractivity contribution in [1.29, 1.82) is 0 Å².